The number of rotatable bonds is 0. The minimum atomic E-state index is 0.715. The Morgan fingerprint density at radius 3 is 1.69 bits per heavy atom. The Morgan fingerprint density at radius 2 is 1.05 bits per heavy atom. The zero-order valence-electron chi connectivity index (χ0n) is 22.0. The minimum absolute atomic E-state index is 0.715. The molecule has 1 saturated heterocycles. The molecule has 0 amide bonds. The average molecular weight is 520 g/mol. The number of anilines is 3. The number of nitrogens with one attached hydrogen (secondary N) is 3. The van der Waals surface area contributed by atoms with E-state index in [1.807, 2.05) is 0 Å². The van der Waals surface area contributed by atoms with E-state index in [1.54, 1.807) is 0 Å². The number of para-hydroxylation sites is 5. The van der Waals surface area contributed by atoms with Crippen molar-refractivity contribution in [2.24, 2.45) is 15.0 Å². The normalized spacial score (nSPS) is 18.8. The molecule has 9 heteroatoms. The maximum Gasteiger partial charge on any atom is 0.135 e. The second-order valence-corrected chi connectivity index (χ2v) is 10.2. The largest absolute Gasteiger partial charge is 0.383 e. The predicted octanol–water partition coefficient (Wildman–Crippen LogP) is 4.74. The summed E-state index contributed by atoms with van der Waals surface area (Å²) in [6.45, 7) is 5.41. The second kappa shape index (κ2) is 10.3. The molecule has 1 fully saturated rings. The number of aliphatic imine (C=N–C) groups is 3. The van der Waals surface area contributed by atoms with Crippen LogP contribution in [0.1, 0.15) is 18.4 Å². The molecule has 9 nitrogen and oxygen atoms in total. The first-order chi connectivity index (χ1) is 19.3. The van der Waals surface area contributed by atoms with Crippen LogP contribution in [0.3, 0.4) is 0 Å². The lowest BCUT2D eigenvalue weighted by Gasteiger charge is -2.45. The predicted molar refractivity (Wildman–Crippen MR) is 160 cm³/mol. The van der Waals surface area contributed by atoms with E-state index < -0.39 is 0 Å². The molecular formula is C30H33N9. The van der Waals surface area contributed by atoms with Gasteiger partial charge in [-0.2, -0.15) is 0 Å². The molecule has 0 bridgehead atoms. The van der Waals surface area contributed by atoms with Crippen LogP contribution in [-0.2, 0) is 0 Å². The van der Waals surface area contributed by atoms with E-state index in [9.17, 15) is 0 Å². The Labute approximate surface area is 229 Å². The van der Waals surface area contributed by atoms with Crippen LogP contribution in [0.4, 0.5) is 28.4 Å². The molecule has 3 aromatic rings. The van der Waals surface area contributed by atoms with Gasteiger partial charge in [0.2, 0.25) is 0 Å². The van der Waals surface area contributed by atoms with E-state index in [-0.39, 0.29) is 0 Å². The van der Waals surface area contributed by atoms with Gasteiger partial charge in [-0.25, -0.2) is 9.98 Å². The van der Waals surface area contributed by atoms with Crippen LogP contribution in [0.25, 0.3) is 0 Å². The van der Waals surface area contributed by atoms with Crippen LogP contribution >= 0.6 is 0 Å². The van der Waals surface area contributed by atoms with Crippen molar-refractivity contribution in [2.45, 2.75) is 12.8 Å². The molecule has 4 heterocycles. The fraction of sp³-hybridized carbons (Fsp3) is 0.300. The van der Waals surface area contributed by atoms with E-state index in [0.717, 1.165) is 97.2 Å². The number of fused-ring (bicyclic) bond motifs is 3. The van der Waals surface area contributed by atoms with Crippen molar-refractivity contribution in [1.29, 1.82) is 0 Å². The molecule has 0 aliphatic carbocycles. The van der Waals surface area contributed by atoms with Gasteiger partial charge in [-0.3, -0.25) is 4.99 Å². The Kier molecular flexibility index (Phi) is 6.24. The summed E-state index contributed by atoms with van der Waals surface area (Å²) in [5.41, 5.74) is 6.41. The first-order valence-electron chi connectivity index (χ1n) is 13.8. The molecule has 3 N–H and O–H groups in total. The molecule has 0 saturated carbocycles. The standard InChI is InChI=1S/C30H33N9/c1-2-8-23-22(7-1)30(34-18-17-33-23)39-20-37(28-13-15-31-24-9-3-5-11-26(24)35-28)19-38(21-39)29-14-16-32-25-10-4-6-12-27(25)36-29/h1-12,31-33H,13-21H2. The van der Waals surface area contributed by atoms with Crippen LogP contribution in [0.5, 0.6) is 0 Å². The first-order valence-corrected chi connectivity index (χ1v) is 13.8. The third kappa shape index (κ3) is 4.76. The van der Waals surface area contributed by atoms with Crippen molar-refractivity contribution in [2.75, 3.05) is 62.1 Å². The van der Waals surface area contributed by atoms with E-state index >= 15 is 0 Å². The lowest BCUT2D eigenvalue weighted by Crippen LogP contribution is -2.59. The van der Waals surface area contributed by atoms with Crippen LogP contribution in [0, 0.1) is 0 Å². The zero-order valence-corrected chi connectivity index (χ0v) is 22.0. The highest BCUT2D eigenvalue weighted by Gasteiger charge is 2.32. The minimum Gasteiger partial charge on any atom is -0.383 e. The number of nitrogens with zero attached hydrogens (tertiary/aromatic N) is 6. The van der Waals surface area contributed by atoms with Gasteiger partial charge in [0.1, 0.15) is 17.5 Å². The van der Waals surface area contributed by atoms with E-state index in [0.29, 0.717) is 13.3 Å². The Morgan fingerprint density at radius 1 is 0.538 bits per heavy atom. The average Bonchev–Trinajstić information content (AvgIpc) is 3.43. The highest BCUT2D eigenvalue weighted by Crippen LogP contribution is 2.31. The number of benzene rings is 3. The molecule has 3 aromatic carbocycles. The van der Waals surface area contributed by atoms with Gasteiger partial charge >= 0.3 is 0 Å². The van der Waals surface area contributed by atoms with Crippen LogP contribution < -0.4 is 16.0 Å². The molecule has 7 rings (SSSR count). The topological polar surface area (TPSA) is 82.9 Å². The van der Waals surface area contributed by atoms with Gasteiger partial charge < -0.3 is 30.7 Å². The fourth-order valence-corrected chi connectivity index (χ4v) is 5.66. The van der Waals surface area contributed by atoms with Crippen molar-refractivity contribution >= 4 is 45.9 Å². The van der Waals surface area contributed by atoms with E-state index in [2.05, 4.69) is 103 Å². The first kappa shape index (κ1) is 23.6. The van der Waals surface area contributed by atoms with Gasteiger partial charge in [-0.05, 0) is 36.4 Å². The lowest BCUT2D eigenvalue weighted by atomic mass is 10.1. The molecule has 0 unspecified atom stereocenters. The molecule has 4 aliphatic rings. The van der Waals surface area contributed by atoms with Gasteiger partial charge in [-0.15, -0.1) is 0 Å². The Bertz CT molecular complexity index is 1380. The smallest absolute Gasteiger partial charge is 0.135 e. The summed E-state index contributed by atoms with van der Waals surface area (Å²) < 4.78 is 0. The van der Waals surface area contributed by atoms with Gasteiger partial charge in [0, 0.05) is 43.7 Å². The lowest BCUT2D eigenvalue weighted by molar-refractivity contribution is 0.0973. The summed E-state index contributed by atoms with van der Waals surface area (Å²) in [7, 11) is 0. The van der Waals surface area contributed by atoms with Crippen molar-refractivity contribution in [3.63, 3.8) is 0 Å². The van der Waals surface area contributed by atoms with Gasteiger partial charge in [-0.1, -0.05) is 36.4 Å². The second-order valence-electron chi connectivity index (χ2n) is 10.2. The third-order valence-corrected chi connectivity index (χ3v) is 7.55. The summed E-state index contributed by atoms with van der Waals surface area (Å²) >= 11 is 0. The number of amidine groups is 3. The van der Waals surface area contributed by atoms with Crippen molar-refractivity contribution < 1.29 is 0 Å². The van der Waals surface area contributed by atoms with Crippen LogP contribution in [0.15, 0.2) is 87.8 Å². The number of hydrogen-bond donors (Lipinski definition) is 3. The van der Waals surface area contributed by atoms with E-state index in [4.69, 9.17) is 15.0 Å². The quantitative estimate of drug-likeness (QED) is 0.398. The van der Waals surface area contributed by atoms with Gasteiger partial charge in [0.05, 0.1) is 49.3 Å². The Balaban J connectivity index is 1.28. The zero-order chi connectivity index (χ0) is 26.0. The molecule has 198 valence electrons. The summed E-state index contributed by atoms with van der Waals surface area (Å²) in [4.78, 5) is 22.6. The summed E-state index contributed by atoms with van der Waals surface area (Å²) in [5.74, 6) is 3.18. The van der Waals surface area contributed by atoms with Crippen molar-refractivity contribution in [1.82, 2.24) is 14.7 Å². The van der Waals surface area contributed by atoms with Crippen molar-refractivity contribution in [3.8, 4) is 0 Å². The molecule has 0 atom stereocenters. The molecule has 0 aromatic heterocycles. The molecule has 0 spiro atoms. The third-order valence-electron chi connectivity index (χ3n) is 7.55. The fourth-order valence-electron chi connectivity index (χ4n) is 5.66. The maximum atomic E-state index is 5.16. The molecule has 0 radical (unpaired) electrons. The van der Waals surface area contributed by atoms with Crippen molar-refractivity contribution in [3.05, 3.63) is 78.4 Å². The molecule has 4 aliphatic heterocycles. The van der Waals surface area contributed by atoms with Crippen LogP contribution in [-0.4, -0.2) is 78.4 Å². The van der Waals surface area contributed by atoms with Crippen LogP contribution in [0.2, 0.25) is 0 Å². The van der Waals surface area contributed by atoms with Gasteiger partial charge in [0.15, 0.2) is 0 Å². The summed E-state index contributed by atoms with van der Waals surface area (Å²) in [5, 5.41) is 10.7. The Hall–Kier alpha value is -4.53. The summed E-state index contributed by atoms with van der Waals surface area (Å²) in [6, 6.07) is 25.1. The number of hydrogen-bond acceptors (Lipinski definition) is 9. The molecule has 39 heavy (non-hydrogen) atoms. The van der Waals surface area contributed by atoms with Gasteiger partial charge in [0.25, 0.3) is 0 Å². The SMILES string of the molecule is c1ccc2c(c1)N=C(N1CN(C3=Nc4ccccc4NCC3)CN(C3=NCCNc4ccccc43)C1)CCN2. The highest BCUT2D eigenvalue weighted by atomic mass is 15.5. The number of benzodiazepines with no additional fused rings is 1. The molecular weight excluding hydrogens is 486 g/mol. The maximum absolute atomic E-state index is 5.16. The summed E-state index contributed by atoms with van der Waals surface area (Å²) in [6.07, 6.45) is 1.69. The van der Waals surface area contributed by atoms with E-state index in [1.165, 1.54) is 0 Å². The monoisotopic (exact) mass is 519 g/mol. The highest BCUT2D eigenvalue weighted by molar-refractivity contribution is 6.04.